The Morgan fingerprint density at radius 3 is 2.41 bits per heavy atom. The molecule has 1 rings (SSSR count). The maximum Gasteiger partial charge on any atom is 0.170 e. The van der Waals surface area contributed by atoms with Crippen LogP contribution in [0.2, 0.25) is 0 Å². The number of aliphatic hydroxyl groups is 1. The van der Waals surface area contributed by atoms with Gasteiger partial charge in [-0.25, -0.2) is 0 Å². The van der Waals surface area contributed by atoms with Crippen LogP contribution in [0.1, 0.15) is 25.0 Å². The highest BCUT2D eigenvalue weighted by atomic mass is 16.4. The minimum atomic E-state index is -0.714. The highest BCUT2D eigenvalue weighted by Crippen LogP contribution is 2.05. The van der Waals surface area contributed by atoms with Crippen molar-refractivity contribution in [3.8, 4) is 0 Å². The lowest BCUT2D eigenvalue weighted by atomic mass is 10.1. The zero-order valence-corrected chi connectivity index (χ0v) is 10.1. The summed E-state index contributed by atoms with van der Waals surface area (Å²) in [5.74, 6) is 0.0981. The molecule has 1 aromatic carbocycles. The third-order valence-electron chi connectivity index (χ3n) is 2.24. The van der Waals surface area contributed by atoms with Crippen LogP contribution in [0.4, 0.5) is 0 Å². The van der Waals surface area contributed by atoms with Crippen molar-refractivity contribution in [1.29, 1.82) is 0 Å². The zero-order valence-electron chi connectivity index (χ0n) is 10.1. The van der Waals surface area contributed by atoms with E-state index < -0.39 is 5.60 Å². The lowest BCUT2D eigenvalue weighted by Crippen LogP contribution is -2.34. The summed E-state index contributed by atoms with van der Waals surface area (Å²) in [5, 5.41) is 24.1. The summed E-state index contributed by atoms with van der Waals surface area (Å²) >= 11 is 0. The first-order valence-corrected chi connectivity index (χ1v) is 5.42. The Morgan fingerprint density at radius 1 is 1.35 bits per heavy atom. The molecule has 94 valence electrons. The van der Waals surface area contributed by atoms with Gasteiger partial charge in [-0.1, -0.05) is 29.4 Å². The summed E-state index contributed by atoms with van der Waals surface area (Å²) in [6.45, 7) is 4.69. The predicted octanol–water partition coefficient (Wildman–Crippen LogP) is 0.642. The maximum absolute atomic E-state index is 9.52. The second-order valence-electron chi connectivity index (χ2n) is 4.60. The van der Waals surface area contributed by atoms with Crippen molar-refractivity contribution in [3.63, 3.8) is 0 Å². The molecule has 5 nitrogen and oxygen atoms in total. The Balaban J connectivity index is 2.52. The molecule has 1 aromatic rings. The largest absolute Gasteiger partial charge is 0.409 e. The zero-order chi connectivity index (χ0) is 12.9. The van der Waals surface area contributed by atoms with Gasteiger partial charge in [0, 0.05) is 18.7 Å². The molecule has 0 saturated heterocycles. The minimum Gasteiger partial charge on any atom is -0.409 e. The minimum absolute atomic E-state index is 0.0981. The molecule has 0 bridgehead atoms. The van der Waals surface area contributed by atoms with Crippen molar-refractivity contribution in [2.75, 3.05) is 6.54 Å². The number of amidine groups is 1. The smallest absolute Gasteiger partial charge is 0.170 e. The monoisotopic (exact) mass is 237 g/mol. The second-order valence-corrected chi connectivity index (χ2v) is 4.60. The highest BCUT2D eigenvalue weighted by molar-refractivity contribution is 5.96. The Morgan fingerprint density at radius 2 is 1.94 bits per heavy atom. The quantitative estimate of drug-likeness (QED) is 0.262. The summed E-state index contributed by atoms with van der Waals surface area (Å²) in [7, 11) is 0. The van der Waals surface area contributed by atoms with Crippen LogP contribution in [0.3, 0.4) is 0 Å². The topological polar surface area (TPSA) is 90.9 Å². The predicted molar refractivity (Wildman–Crippen MR) is 67.0 cm³/mol. The third-order valence-corrected chi connectivity index (χ3v) is 2.24. The van der Waals surface area contributed by atoms with E-state index in [9.17, 15) is 5.11 Å². The molecule has 0 heterocycles. The number of rotatable bonds is 5. The number of benzene rings is 1. The first kappa shape index (κ1) is 13.5. The lowest BCUT2D eigenvalue weighted by Gasteiger charge is -2.17. The summed E-state index contributed by atoms with van der Waals surface area (Å²) in [4.78, 5) is 0. The van der Waals surface area contributed by atoms with Crippen LogP contribution in [0, 0.1) is 0 Å². The van der Waals surface area contributed by atoms with E-state index in [0.29, 0.717) is 18.7 Å². The van der Waals surface area contributed by atoms with E-state index in [1.54, 1.807) is 26.0 Å². The Hall–Kier alpha value is -1.59. The van der Waals surface area contributed by atoms with E-state index in [1.165, 1.54) is 0 Å². The van der Waals surface area contributed by atoms with E-state index in [0.717, 1.165) is 5.56 Å². The Labute approximate surface area is 101 Å². The molecule has 0 aliphatic carbocycles. The Bertz CT molecular complexity index is 380. The van der Waals surface area contributed by atoms with E-state index >= 15 is 0 Å². The van der Waals surface area contributed by atoms with Gasteiger partial charge in [0.2, 0.25) is 0 Å². The van der Waals surface area contributed by atoms with Crippen molar-refractivity contribution in [3.05, 3.63) is 35.4 Å². The first-order chi connectivity index (χ1) is 7.92. The maximum atomic E-state index is 9.52. The molecule has 0 aromatic heterocycles. The van der Waals surface area contributed by atoms with Crippen LogP contribution in [0.25, 0.3) is 0 Å². The summed E-state index contributed by atoms with van der Waals surface area (Å²) < 4.78 is 0. The van der Waals surface area contributed by atoms with Crippen molar-refractivity contribution in [2.24, 2.45) is 10.9 Å². The molecule has 0 saturated carbocycles. The molecule has 0 aliphatic rings. The summed E-state index contributed by atoms with van der Waals surface area (Å²) in [6, 6.07) is 7.36. The molecular weight excluding hydrogens is 218 g/mol. The normalized spacial score (nSPS) is 12.8. The molecule has 0 atom stereocenters. The first-order valence-electron chi connectivity index (χ1n) is 5.42. The van der Waals surface area contributed by atoms with Gasteiger partial charge in [-0.2, -0.15) is 0 Å². The Kier molecular flexibility index (Phi) is 4.48. The molecule has 0 radical (unpaired) electrons. The van der Waals surface area contributed by atoms with Crippen molar-refractivity contribution >= 4 is 5.84 Å². The van der Waals surface area contributed by atoms with Crippen molar-refractivity contribution in [2.45, 2.75) is 26.0 Å². The fourth-order valence-corrected chi connectivity index (χ4v) is 1.36. The van der Waals surface area contributed by atoms with Gasteiger partial charge in [-0.15, -0.1) is 0 Å². The number of nitrogens with two attached hydrogens (primary N) is 1. The van der Waals surface area contributed by atoms with Crippen LogP contribution in [-0.4, -0.2) is 28.3 Å². The van der Waals surface area contributed by atoms with Gasteiger partial charge in [-0.3, -0.25) is 0 Å². The third kappa shape index (κ3) is 4.84. The molecule has 5 N–H and O–H groups in total. The molecule has 17 heavy (non-hydrogen) atoms. The van der Waals surface area contributed by atoms with Crippen LogP contribution in [0.15, 0.2) is 29.4 Å². The van der Waals surface area contributed by atoms with E-state index in [-0.39, 0.29) is 5.84 Å². The number of hydrogen-bond acceptors (Lipinski definition) is 4. The van der Waals surface area contributed by atoms with E-state index in [2.05, 4.69) is 10.5 Å². The standard InChI is InChI=1S/C12H19N3O2/c1-12(2,16)8-14-7-9-3-5-10(6-4-9)11(13)15-17/h3-6,14,16-17H,7-8H2,1-2H3,(H2,13,15). The second kappa shape index (κ2) is 5.65. The van der Waals surface area contributed by atoms with Crippen LogP contribution < -0.4 is 11.1 Å². The van der Waals surface area contributed by atoms with Crippen LogP contribution in [0.5, 0.6) is 0 Å². The van der Waals surface area contributed by atoms with E-state index in [4.69, 9.17) is 10.9 Å². The molecule has 0 fully saturated rings. The molecular formula is C12H19N3O2. The van der Waals surface area contributed by atoms with Gasteiger partial charge < -0.3 is 21.4 Å². The number of oxime groups is 1. The average Bonchev–Trinajstić information content (AvgIpc) is 2.27. The highest BCUT2D eigenvalue weighted by Gasteiger charge is 2.10. The van der Waals surface area contributed by atoms with Crippen LogP contribution in [-0.2, 0) is 6.54 Å². The van der Waals surface area contributed by atoms with Gasteiger partial charge in [0.25, 0.3) is 0 Å². The number of hydrogen-bond donors (Lipinski definition) is 4. The SMILES string of the molecule is CC(C)(O)CNCc1ccc(C(N)=NO)cc1. The van der Waals surface area contributed by atoms with Crippen molar-refractivity contribution in [1.82, 2.24) is 5.32 Å². The number of nitrogens with zero attached hydrogens (tertiary/aromatic N) is 1. The van der Waals surface area contributed by atoms with Crippen LogP contribution >= 0.6 is 0 Å². The lowest BCUT2D eigenvalue weighted by molar-refractivity contribution is 0.0795. The van der Waals surface area contributed by atoms with Crippen molar-refractivity contribution < 1.29 is 10.3 Å². The molecule has 0 spiro atoms. The van der Waals surface area contributed by atoms with Gasteiger partial charge >= 0.3 is 0 Å². The number of nitrogens with one attached hydrogen (secondary N) is 1. The van der Waals surface area contributed by atoms with Gasteiger partial charge in [-0.05, 0) is 19.4 Å². The summed E-state index contributed by atoms with van der Waals surface area (Å²) in [6.07, 6.45) is 0. The fraction of sp³-hybridized carbons (Fsp3) is 0.417. The molecule has 0 aliphatic heterocycles. The average molecular weight is 237 g/mol. The molecule has 0 unspecified atom stereocenters. The molecule has 5 heteroatoms. The summed E-state index contributed by atoms with van der Waals surface area (Å²) in [5.41, 5.74) is 6.49. The van der Waals surface area contributed by atoms with E-state index in [1.807, 2.05) is 12.1 Å². The van der Waals surface area contributed by atoms with Gasteiger partial charge in [0.1, 0.15) is 0 Å². The molecule has 0 amide bonds. The van der Waals surface area contributed by atoms with Gasteiger partial charge in [0.05, 0.1) is 5.60 Å². The van der Waals surface area contributed by atoms with Gasteiger partial charge in [0.15, 0.2) is 5.84 Å². The fourth-order valence-electron chi connectivity index (χ4n) is 1.36.